The number of hydrogen-bond acceptors (Lipinski definition) is 9. The van der Waals surface area contributed by atoms with E-state index in [-0.39, 0.29) is 25.2 Å². The minimum absolute atomic E-state index is 0.245. The van der Waals surface area contributed by atoms with Gasteiger partial charge in [0.25, 0.3) is 0 Å². The van der Waals surface area contributed by atoms with Gasteiger partial charge in [0.2, 0.25) is 5.79 Å². The molecule has 8 saturated carbocycles. The van der Waals surface area contributed by atoms with Crippen LogP contribution in [0.15, 0.2) is 46.2 Å². The summed E-state index contributed by atoms with van der Waals surface area (Å²) < 4.78 is 38.5. The second-order valence-electron chi connectivity index (χ2n) is 17.5. The van der Waals surface area contributed by atoms with Gasteiger partial charge in [0.05, 0.1) is 18.1 Å². The van der Waals surface area contributed by atoms with Crippen LogP contribution in [0.5, 0.6) is 11.5 Å². The van der Waals surface area contributed by atoms with Crippen LogP contribution >= 0.6 is 11.8 Å². The lowest BCUT2D eigenvalue weighted by atomic mass is 9.50. The van der Waals surface area contributed by atoms with Crippen molar-refractivity contribution in [3.05, 3.63) is 47.5 Å². The fourth-order valence-corrected chi connectivity index (χ4v) is 13.7. The summed E-state index contributed by atoms with van der Waals surface area (Å²) in [6.07, 6.45) is 12.7. The molecule has 272 valence electrons. The molecular weight excluding hydrogens is 665 g/mol. The Kier molecular flexibility index (Phi) is 7.82. The summed E-state index contributed by atoms with van der Waals surface area (Å²) in [7, 11) is 0. The first-order valence-electron chi connectivity index (χ1n) is 19.6. The molecule has 2 aromatic carbocycles. The lowest BCUT2D eigenvalue weighted by molar-refractivity contribution is -0.252. The van der Waals surface area contributed by atoms with Crippen LogP contribution in [0.25, 0.3) is 0 Å². The van der Waals surface area contributed by atoms with Crippen molar-refractivity contribution in [2.75, 3.05) is 26.4 Å². The SMILES string of the molecule is CC1(OC(=O)COc2ccc3c(c2OCC(=O)OC2(C)C4CC5CC(C4)CC2C5)Sc2ccccc2C32OCCCO2)C2CC3CC(C2)CC1C3. The van der Waals surface area contributed by atoms with Crippen LogP contribution in [-0.2, 0) is 34.3 Å². The average Bonchev–Trinajstić information content (AvgIpc) is 3.11. The Hall–Kier alpha value is -2.75. The molecule has 2 aliphatic heterocycles. The van der Waals surface area contributed by atoms with Crippen LogP contribution in [0, 0.1) is 47.3 Å². The number of benzene rings is 2. The number of hydrogen-bond donors (Lipinski definition) is 0. The molecule has 0 unspecified atom stereocenters. The lowest BCUT2D eigenvalue weighted by Crippen LogP contribution is -2.58. The first kappa shape index (κ1) is 32.9. The third-order valence-corrected chi connectivity index (χ3v) is 15.8. The molecule has 8 aliphatic carbocycles. The maximum absolute atomic E-state index is 13.7. The molecule has 0 aromatic heterocycles. The minimum atomic E-state index is -1.10. The topological polar surface area (TPSA) is 89.5 Å². The minimum Gasteiger partial charge on any atom is -0.478 e. The van der Waals surface area contributed by atoms with Crippen molar-refractivity contribution in [2.45, 2.75) is 111 Å². The Balaban J connectivity index is 0.923. The Labute approximate surface area is 305 Å². The second-order valence-corrected chi connectivity index (χ2v) is 18.6. The van der Waals surface area contributed by atoms with Gasteiger partial charge in [-0.1, -0.05) is 30.0 Å². The molecule has 9 heteroatoms. The van der Waals surface area contributed by atoms with Crippen LogP contribution < -0.4 is 9.47 Å². The number of ether oxygens (including phenoxy) is 6. The number of carbonyl (C=O) groups is 2. The monoisotopic (exact) mass is 714 g/mol. The first-order valence-corrected chi connectivity index (χ1v) is 20.4. The zero-order valence-electron chi connectivity index (χ0n) is 29.9. The van der Waals surface area contributed by atoms with Crippen LogP contribution in [-0.4, -0.2) is 49.6 Å². The van der Waals surface area contributed by atoms with Crippen molar-refractivity contribution in [1.29, 1.82) is 0 Å². The Morgan fingerprint density at radius 2 is 1.18 bits per heavy atom. The van der Waals surface area contributed by atoms with Gasteiger partial charge in [0.15, 0.2) is 24.7 Å². The van der Waals surface area contributed by atoms with E-state index in [1.165, 1.54) is 12.8 Å². The number of fused-ring (bicyclic) bond motifs is 4. The van der Waals surface area contributed by atoms with E-state index >= 15 is 0 Å². The standard InChI is InChI=1S/C42H50O8S/c1-40(28-14-24-12-25(16-28)17-29(40)15-24)49-36(43)22-45-34-9-8-33-39(51-35-7-4-3-6-32(35)42(33)47-10-5-11-48-42)38(34)46-23-37(44)50-41(2)30-18-26-13-27(20-30)21-31(41)19-26/h3-4,6-9,24-31H,5,10-23H2,1-2H3. The molecule has 9 fully saturated rings. The second kappa shape index (κ2) is 12.1. The number of esters is 2. The van der Waals surface area contributed by atoms with Gasteiger partial charge in [-0.2, -0.15) is 0 Å². The molecule has 2 aromatic rings. The molecule has 8 nitrogen and oxygen atoms in total. The molecule has 12 rings (SSSR count). The molecule has 0 radical (unpaired) electrons. The largest absolute Gasteiger partial charge is 0.478 e. The third-order valence-electron chi connectivity index (χ3n) is 14.6. The van der Waals surface area contributed by atoms with Crippen molar-refractivity contribution < 1.29 is 38.0 Å². The molecule has 51 heavy (non-hydrogen) atoms. The van der Waals surface area contributed by atoms with Crippen LogP contribution in [0.2, 0.25) is 0 Å². The quantitative estimate of drug-likeness (QED) is 0.252. The van der Waals surface area contributed by atoms with E-state index in [9.17, 15) is 9.59 Å². The fourth-order valence-electron chi connectivity index (χ4n) is 12.5. The summed E-state index contributed by atoms with van der Waals surface area (Å²) in [4.78, 5) is 29.0. The molecular formula is C42H50O8S. The van der Waals surface area contributed by atoms with E-state index < -0.39 is 17.0 Å². The highest BCUT2D eigenvalue weighted by Crippen LogP contribution is 2.61. The van der Waals surface area contributed by atoms with Gasteiger partial charge >= 0.3 is 11.9 Å². The molecule has 2 heterocycles. The average molecular weight is 715 g/mol. The summed E-state index contributed by atoms with van der Waals surface area (Å²) >= 11 is 1.54. The molecule has 1 saturated heterocycles. The van der Waals surface area contributed by atoms with Crippen molar-refractivity contribution in [1.82, 2.24) is 0 Å². The van der Waals surface area contributed by atoms with Gasteiger partial charge in [-0.15, -0.1) is 0 Å². The maximum Gasteiger partial charge on any atom is 0.344 e. The normalized spacial score (nSPS) is 38.9. The third kappa shape index (κ3) is 5.29. The van der Waals surface area contributed by atoms with E-state index in [1.54, 1.807) is 11.8 Å². The summed E-state index contributed by atoms with van der Waals surface area (Å²) in [6, 6.07) is 11.9. The number of rotatable bonds is 8. The molecule has 0 N–H and O–H groups in total. The smallest absolute Gasteiger partial charge is 0.344 e. The summed E-state index contributed by atoms with van der Waals surface area (Å²) in [6.45, 7) is 4.90. The maximum atomic E-state index is 13.7. The van der Waals surface area contributed by atoms with Gasteiger partial charge < -0.3 is 28.4 Å². The number of carbonyl (C=O) groups excluding carboxylic acids is 2. The summed E-state index contributed by atoms with van der Waals surface area (Å²) in [5, 5.41) is 0. The highest BCUT2D eigenvalue weighted by Gasteiger charge is 2.58. The zero-order valence-corrected chi connectivity index (χ0v) is 30.7. The molecule has 8 bridgehead atoms. The van der Waals surface area contributed by atoms with Crippen LogP contribution in [0.4, 0.5) is 0 Å². The Bertz CT molecular complexity index is 1670. The summed E-state index contributed by atoms with van der Waals surface area (Å²) in [5.41, 5.74) is 0.854. The fraction of sp³-hybridized carbons (Fsp3) is 0.667. The van der Waals surface area contributed by atoms with Crippen molar-refractivity contribution >= 4 is 23.7 Å². The molecule has 0 amide bonds. The van der Waals surface area contributed by atoms with E-state index in [0.717, 1.165) is 102 Å². The molecule has 0 atom stereocenters. The highest BCUT2D eigenvalue weighted by molar-refractivity contribution is 7.99. The van der Waals surface area contributed by atoms with E-state index in [0.29, 0.717) is 48.4 Å². The van der Waals surface area contributed by atoms with E-state index in [1.807, 2.05) is 36.4 Å². The Morgan fingerprint density at radius 3 is 1.73 bits per heavy atom. The first-order chi connectivity index (χ1) is 24.7. The van der Waals surface area contributed by atoms with E-state index in [2.05, 4.69) is 13.8 Å². The van der Waals surface area contributed by atoms with Gasteiger partial charge in [-0.05, 0) is 150 Å². The lowest BCUT2D eigenvalue weighted by Gasteiger charge is -2.59. The highest BCUT2D eigenvalue weighted by atomic mass is 32.2. The van der Waals surface area contributed by atoms with Crippen molar-refractivity contribution in [3.63, 3.8) is 0 Å². The van der Waals surface area contributed by atoms with Crippen molar-refractivity contribution in [3.8, 4) is 11.5 Å². The Morgan fingerprint density at radius 1 is 0.667 bits per heavy atom. The van der Waals surface area contributed by atoms with Gasteiger partial charge in [-0.25, -0.2) is 9.59 Å². The van der Waals surface area contributed by atoms with Crippen LogP contribution in [0.3, 0.4) is 0 Å². The van der Waals surface area contributed by atoms with E-state index in [4.69, 9.17) is 28.4 Å². The predicted molar refractivity (Wildman–Crippen MR) is 188 cm³/mol. The molecule has 10 aliphatic rings. The van der Waals surface area contributed by atoms with Crippen molar-refractivity contribution in [2.24, 2.45) is 47.3 Å². The summed E-state index contributed by atoms with van der Waals surface area (Å²) in [5.74, 6) is 3.73. The zero-order chi connectivity index (χ0) is 34.5. The van der Waals surface area contributed by atoms with Crippen LogP contribution in [0.1, 0.15) is 95.6 Å². The van der Waals surface area contributed by atoms with Gasteiger partial charge in [0.1, 0.15) is 11.2 Å². The van der Waals surface area contributed by atoms with Gasteiger partial charge in [0, 0.05) is 16.0 Å². The van der Waals surface area contributed by atoms with Gasteiger partial charge in [-0.3, -0.25) is 0 Å². The predicted octanol–water partition coefficient (Wildman–Crippen LogP) is 8.06. The molecule has 1 spiro atoms.